The molecule has 0 bridgehead atoms. The standard InChI is InChI=1S/C18H24BrN3O/c1-18-9-5-4-6-13(18)16(18)17(23)21-20-11-12-7-8-15(22(2)3)14(19)10-12/h7-8,10-11,13,16H,4-6,9H2,1-3H3,(H,21,23)/b20-11-/t13-,16+,18-/m1/s1. The van der Waals surface area contributed by atoms with Crippen LogP contribution in [0, 0.1) is 17.3 Å². The normalized spacial score (nSPS) is 29.2. The van der Waals surface area contributed by atoms with Gasteiger partial charge in [0, 0.05) is 24.5 Å². The molecule has 0 heterocycles. The van der Waals surface area contributed by atoms with Gasteiger partial charge in [0.25, 0.3) is 0 Å². The van der Waals surface area contributed by atoms with E-state index >= 15 is 0 Å². The number of hydrogen-bond acceptors (Lipinski definition) is 3. The molecular weight excluding hydrogens is 354 g/mol. The van der Waals surface area contributed by atoms with E-state index in [1.807, 2.05) is 37.2 Å². The molecule has 0 radical (unpaired) electrons. The third kappa shape index (κ3) is 3.16. The summed E-state index contributed by atoms with van der Waals surface area (Å²) in [5.74, 6) is 0.810. The molecular formula is C18H24BrN3O. The fraction of sp³-hybridized carbons (Fsp3) is 0.556. The molecule has 124 valence electrons. The van der Waals surface area contributed by atoms with Gasteiger partial charge in [0.05, 0.1) is 11.9 Å². The van der Waals surface area contributed by atoms with E-state index < -0.39 is 0 Å². The first-order valence-electron chi connectivity index (χ1n) is 8.23. The van der Waals surface area contributed by atoms with Crippen LogP contribution in [-0.2, 0) is 4.79 Å². The number of anilines is 1. The van der Waals surface area contributed by atoms with Crippen LogP contribution in [0.4, 0.5) is 5.69 Å². The molecule has 0 saturated heterocycles. The maximum Gasteiger partial charge on any atom is 0.244 e. The van der Waals surface area contributed by atoms with E-state index in [-0.39, 0.29) is 17.2 Å². The number of hydrazone groups is 1. The first kappa shape index (κ1) is 16.5. The second-order valence-electron chi connectivity index (χ2n) is 7.18. The Morgan fingerprint density at radius 2 is 2.22 bits per heavy atom. The molecule has 0 aliphatic heterocycles. The minimum Gasteiger partial charge on any atom is -0.377 e. The van der Waals surface area contributed by atoms with Gasteiger partial charge in [-0.2, -0.15) is 5.10 Å². The molecule has 5 heteroatoms. The number of rotatable bonds is 4. The Morgan fingerprint density at radius 3 is 2.83 bits per heavy atom. The summed E-state index contributed by atoms with van der Waals surface area (Å²) in [6.07, 6.45) is 6.60. The average Bonchev–Trinajstić information content (AvgIpc) is 3.12. The molecule has 3 rings (SSSR count). The summed E-state index contributed by atoms with van der Waals surface area (Å²) in [6.45, 7) is 2.25. The zero-order valence-corrected chi connectivity index (χ0v) is 15.6. The van der Waals surface area contributed by atoms with Crippen LogP contribution in [0.1, 0.15) is 38.2 Å². The van der Waals surface area contributed by atoms with Crippen molar-refractivity contribution in [3.63, 3.8) is 0 Å². The number of hydrogen-bond donors (Lipinski definition) is 1. The SMILES string of the molecule is CN(C)c1ccc(/C=N\NC(=O)[C@@H]2[C@H]3CCCC[C@]32C)cc1Br. The van der Waals surface area contributed by atoms with Gasteiger partial charge >= 0.3 is 0 Å². The predicted molar refractivity (Wildman–Crippen MR) is 97.8 cm³/mol. The van der Waals surface area contributed by atoms with Crippen LogP contribution >= 0.6 is 15.9 Å². The van der Waals surface area contributed by atoms with Gasteiger partial charge in [0.1, 0.15) is 0 Å². The Kier molecular flexibility index (Phi) is 4.50. The van der Waals surface area contributed by atoms with Crippen molar-refractivity contribution in [1.82, 2.24) is 5.43 Å². The second kappa shape index (κ2) is 6.27. The lowest BCUT2D eigenvalue weighted by Crippen LogP contribution is -2.22. The molecule has 0 spiro atoms. The van der Waals surface area contributed by atoms with Gasteiger partial charge in [0.15, 0.2) is 0 Å². The Bertz CT molecular complexity index is 643. The molecule has 1 aromatic carbocycles. The maximum atomic E-state index is 12.3. The minimum atomic E-state index is 0.0830. The van der Waals surface area contributed by atoms with E-state index in [0.29, 0.717) is 5.92 Å². The molecule has 1 aromatic rings. The van der Waals surface area contributed by atoms with Crippen LogP contribution in [0.5, 0.6) is 0 Å². The summed E-state index contributed by atoms with van der Waals surface area (Å²) >= 11 is 3.56. The highest BCUT2D eigenvalue weighted by Gasteiger charge is 2.64. The lowest BCUT2D eigenvalue weighted by Gasteiger charge is -2.15. The van der Waals surface area contributed by atoms with Gasteiger partial charge in [-0.3, -0.25) is 4.79 Å². The largest absolute Gasteiger partial charge is 0.377 e. The molecule has 3 atom stereocenters. The number of benzene rings is 1. The van der Waals surface area contributed by atoms with Gasteiger partial charge in [-0.25, -0.2) is 5.43 Å². The summed E-state index contributed by atoms with van der Waals surface area (Å²) in [7, 11) is 4.01. The van der Waals surface area contributed by atoms with Crippen LogP contribution in [0.15, 0.2) is 27.8 Å². The van der Waals surface area contributed by atoms with Crippen LogP contribution in [-0.4, -0.2) is 26.2 Å². The maximum absolute atomic E-state index is 12.3. The highest BCUT2D eigenvalue weighted by Crippen LogP contribution is 2.66. The Hall–Kier alpha value is -1.36. The van der Waals surface area contributed by atoms with E-state index in [0.717, 1.165) is 15.7 Å². The third-order valence-electron chi connectivity index (χ3n) is 5.46. The highest BCUT2D eigenvalue weighted by atomic mass is 79.9. The summed E-state index contributed by atoms with van der Waals surface area (Å²) in [4.78, 5) is 14.4. The van der Waals surface area contributed by atoms with Crippen LogP contribution in [0.25, 0.3) is 0 Å². The molecule has 1 N–H and O–H groups in total. The van der Waals surface area contributed by atoms with E-state index in [1.54, 1.807) is 6.21 Å². The second-order valence-corrected chi connectivity index (χ2v) is 8.03. The molecule has 23 heavy (non-hydrogen) atoms. The summed E-state index contributed by atoms with van der Waals surface area (Å²) < 4.78 is 1.01. The van der Waals surface area contributed by atoms with E-state index in [4.69, 9.17) is 0 Å². The molecule has 2 saturated carbocycles. The van der Waals surface area contributed by atoms with Gasteiger partial charge in [-0.15, -0.1) is 0 Å². The van der Waals surface area contributed by atoms with Gasteiger partial charge in [-0.1, -0.05) is 25.8 Å². The van der Waals surface area contributed by atoms with Gasteiger partial charge in [0.2, 0.25) is 5.91 Å². The summed E-state index contributed by atoms with van der Waals surface area (Å²) in [5, 5.41) is 4.15. The van der Waals surface area contributed by atoms with Crippen molar-refractivity contribution in [1.29, 1.82) is 0 Å². The van der Waals surface area contributed by atoms with Crippen molar-refractivity contribution < 1.29 is 4.79 Å². The molecule has 0 unspecified atom stereocenters. The Labute approximate surface area is 146 Å². The number of fused-ring (bicyclic) bond motifs is 1. The highest BCUT2D eigenvalue weighted by molar-refractivity contribution is 9.10. The average molecular weight is 378 g/mol. The lowest BCUT2D eigenvalue weighted by atomic mass is 9.90. The number of nitrogens with one attached hydrogen (secondary N) is 1. The number of carbonyl (C=O) groups is 1. The van der Waals surface area contributed by atoms with Crippen molar-refractivity contribution in [2.24, 2.45) is 22.4 Å². The summed E-state index contributed by atoms with van der Waals surface area (Å²) in [5.41, 5.74) is 5.04. The molecule has 2 aliphatic carbocycles. The number of nitrogens with zero attached hydrogens (tertiary/aromatic N) is 2. The van der Waals surface area contributed by atoms with Crippen LogP contribution in [0.3, 0.4) is 0 Å². The monoisotopic (exact) mass is 377 g/mol. The quantitative estimate of drug-likeness (QED) is 0.640. The zero-order valence-electron chi connectivity index (χ0n) is 14.0. The third-order valence-corrected chi connectivity index (χ3v) is 6.09. The van der Waals surface area contributed by atoms with Crippen molar-refractivity contribution in [2.75, 3.05) is 19.0 Å². The minimum absolute atomic E-state index is 0.0830. The van der Waals surface area contributed by atoms with Crippen molar-refractivity contribution in [2.45, 2.75) is 32.6 Å². The number of halogens is 1. The number of carbonyl (C=O) groups excluding carboxylic acids is 1. The van der Waals surface area contributed by atoms with Crippen molar-refractivity contribution in [3.8, 4) is 0 Å². The van der Waals surface area contributed by atoms with Crippen molar-refractivity contribution >= 4 is 33.7 Å². The molecule has 2 aliphatic rings. The predicted octanol–water partition coefficient (Wildman–Crippen LogP) is 3.79. The molecule has 4 nitrogen and oxygen atoms in total. The fourth-order valence-electron chi connectivity index (χ4n) is 4.06. The van der Waals surface area contributed by atoms with Crippen molar-refractivity contribution in [3.05, 3.63) is 28.2 Å². The zero-order chi connectivity index (χ0) is 16.6. The molecule has 2 fully saturated rings. The Balaban J connectivity index is 1.59. The Morgan fingerprint density at radius 1 is 1.43 bits per heavy atom. The van der Waals surface area contributed by atoms with E-state index in [2.05, 4.69) is 33.4 Å². The molecule has 0 aromatic heterocycles. The lowest BCUT2D eigenvalue weighted by molar-refractivity contribution is -0.123. The van der Waals surface area contributed by atoms with Crippen LogP contribution in [0.2, 0.25) is 0 Å². The van der Waals surface area contributed by atoms with Crippen LogP contribution < -0.4 is 10.3 Å². The first-order valence-corrected chi connectivity index (χ1v) is 9.02. The van der Waals surface area contributed by atoms with E-state index in [1.165, 1.54) is 25.7 Å². The van der Waals surface area contributed by atoms with Gasteiger partial charge in [-0.05, 0) is 57.8 Å². The first-order chi connectivity index (χ1) is 10.9. The number of amides is 1. The van der Waals surface area contributed by atoms with Gasteiger partial charge < -0.3 is 4.90 Å². The molecule has 1 amide bonds. The summed E-state index contributed by atoms with van der Waals surface area (Å²) in [6, 6.07) is 6.03. The fourth-order valence-corrected chi connectivity index (χ4v) is 4.81. The van der Waals surface area contributed by atoms with E-state index in [9.17, 15) is 4.79 Å². The topological polar surface area (TPSA) is 44.7 Å². The smallest absolute Gasteiger partial charge is 0.244 e.